The van der Waals surface area contributed by atoms with E-state index in [4.69, 9.17) is 5.73 Å². The minimum Gasteiger partial charge on any atom is -0.342 e. The lowest BCUT2D eigenvalue weighted by Gasteiger charge is -2.24. The fourth-order valence-electron chi connectivity index (χ4n) is 2.34. The molecule has 19 heavy (non-hydrogen) atoms. The Morgan fingerprint density at radius 1 is 1.37 bits per heavy atom. The van der Waals surface area contributed by atoms with Crippen LogP contribution in [-0.4, -0.2) is 23.9 Å². The summed E-state index contributed by atoms with van der Waals surface area (Å²) in [4.78, 5) is 14.3. The molecule has 0 saturated heterocycles. The summed E-state index contributed by atoms with van der Waals surface area (Å²) in [7, 11) is 0. The second-order valence-electron chi connectivity index (χ2n) is 5.50. The topological polar surface area (TPSA) is 46.3 Å². The molecule has 0 aliphatic heterocycles. The monoisotopic (exact) mass is 260 g/mol. The molecule has 1 fully saturated rings. The van der Waals surface area contributed by atoms with Gasteiger partial charge in [-0.05, 0) is 30.7 Å². The highest BCUT2D eigenvalue weighted by molar-refractivity contribution is 5.77. The molecule has 0 aromatic heterocycles. The summed E-state index contributed by atoms with van der Waals surface area (Å²) in [5.74, 6) is 0.938. The van der Waals surface area contributed by atoms with Crippen LogP contribution >= 0.6 is 0 Å². The zero-order valence-electron chi connectivity index (χ0n) is 11.7. The predicted molar refractivity (Wildman–Crippen MR) is 77.6 cm³/mol. The molecule has 104 valence electrons. The predicted octanol–water partition coefficient (Wildman–Crippen LogP) is 2.73. The Bertz CT molecular complexity index is 400. The Hall–Kier alpha value is -1.35. The highest BCUT2D eigenvalue weighted by Gasteiger charge is 2.27. The molecule has 0 spiro atoms. The minimum atomic E-state index is -0.188. The van der Waals surface area contributed by atoms with Crippen LogP contribution in [0.1, 0.15) is 44.2 Å². The third kappa shape index (κ3) is 4.35. The molecule has 1 saturated carbocycles. The van der Waals surface area contributed by atoms with E-state index >= 15 is 0 Å². The van der Waals surface area contributed by atoms with Crippen molar-refractivity contribution < 1.29 is 4.79 Å². The van der Waals surface area contributed by atoms with Gasteiger partial charge in [0.05, 0.1) is 0 Å². The van der Waals surface area contributed by atoms with Crippen LogP contribution < -0.4 is 5.73 Å². The lowest BCUT2D eigenvalue weighted by atomic mass is 10.0. The van der Waals surface area contributed by atoms with Gasteiger partial charge in [-0.1, -0.05) is 37.3 Å². The second-order valence-corrected chi connectivity index (χ2v) is 5.50. The van der Waals surface area contributed by atoms with Crippen molar-refractivity contribution in [3.8, 4) is 0 Å². The average molecular weight is 260 g/mol. The summed E-state index contributed by atoms with van der Waals surface area (Å²) in [6.45, 7) is 3.90. The molecule has 2 N–H and O–H groups in total. The molecule has 0 heterocycles. The summed E-state index contributed by atoms with van der Waals surface area (Å²) in [5, 5.41) is 0. The normalized spacial score (nSPS) is 16.1. The van der Waals surface area contributed by atoms with Crippen molar-refractivity contribution in [1.29, 1.82) is 0 Å². The second kappa shape index (κ2) is 6.71. The van der Waals surface area contributed by atoms with Gasteiger partial charge in [0.25, 0.3) is 0 Å². The van der Waals surface area contributed by atoms with Crippen molar-refractivity contribution in [2.24, 2.45) is 11.7 Å². The lowest BCUT2D eigenvalue weighted by molar-refractivity contribution is -0.131. The van der Waals surface area contributed by atoms with E-state index in [2.05, 4.69) is 6.92 Å². The van der Waals surface area contributed by atoms with E-state index in [-0.39, 0.29) is 11.9 Å². The molecule has 1 amide bonds. The van der Waals surface area contributed by atoms with E-state index in [1.54, 1.807) is 0 Å². The number of nitrogens with two attached hydrogens (primary N) is 1. The van der Waals surface area contributed by atoms with Gasteiger partial charge in [0.2, 0.25) is 5.91 Å². The lowest BCUT2D eigenvalue weighted by Crippen LogP contribution is -2.35. The number of rotatable bonds is 7. The highest BCUT2D eigenvalue weighted by Crippen LogP contribution is 2.30. The molecule has 3 heteroatoms. The molecule has 1 unspecified atom stereocenters. The van der Waals surface area contributed by atoms with Crippen LogP contribution in [0.5, 0.6) is 0 Å². The van der Waals surface area contributed by atoms with Gasteiger partial charge in [-0.25, -0.2) is 0 Å². The molecule has 1 aromatic rings. The molecule has 0 radical (unpaired) electrons. The first-order chi connectivity index (χ1) is 9.20. The van der Waals surface area contributed by atoms with E-state index in [0.29, 0.717) is 6.42 Å². The van der Waals surface area contributed by atoms with Crippen LogP contribution in [0.3, 0.4) is 0 Å². The van der Waals surface area contributed by atoms with Crippen molar-refractivity contribution in [2.75, 3.05) is 13.1 Å². The van der Waals surface area contributed by atoms with Gasteiger partial charge in [-0.2, -0.15) is 0 Å². The number of carbonyl (C=O) groups is 1. The number of nitrogens with zero attached hydrogens (tertiary/aromatic N) is 1. The summed E-state index contributed by atoms with van der Waals surface area (Å²) in [6, 6.07) is 9.69. The Labute approximate surface area is 115 Å². The fourth-order valence-corrected chi connectivity index (χ4v) is 2.34. The first-order valence-electron chi connectivity index (χ1n) is 7.29. The average Bonchev–Trinajstić information content (AvgIpc) is 3.23. The third-order valence-corrected chi connectivity index (χ3v) is 3.64. The Morgan fingerprint density at radius 3 is 2.63 bits per heavy atom. The molecule has 0 bridgehead atoms. The van der Waals surface area contributed by atoms with E-state index in [1.165, 1.54) is 12.8 Å². The van der Waals surface area contributed by atoms with Gasteiger partial charge < -0.3 is 10.6 Å². The molecule has 2 rings (SSSR count). The zero-order chi connectivity index (χ0) is 13.7. The number of amides is 1. The summed E-state index contributed by atoms with van der Waals surface area (Å²) in [5.41, 5.74) is 7.17. The third-order valence-electron chi connectivity index (χ3n) is 3.64. The number of hydrogen-bond donors (Lipinski definition) is 1. The Kier molecular flexibility index (Phi) is 4.97. The fraction of sp³-hybridized carbons (Fsp3) is 0.562. The molecule has 1 aromatic carbocycles. The van der Waals surface area contributed by atoms with Crippen LogP contribution in [0.25, 0.3) is 0 Å². The molecule has 3 nitrogen and oxygen atoms in total. The molecule has 1 atom stereocenters. The number of carbonyl (C=O) groups excluding carboxylic acids is 1. The van der Waals surface area contributed by atoms with Crippen LogP contribution in [0.4, 0.5) is 0 Å². The maximum atomic E-state index is 12.3. The van der Waals surface area contributed by atoms with Gasteiger partial charge in [0.1, 0.15) is 0 Å². The standard InChI is InChI=1S/C16H24N2O/c1-2-10-18(12-13-8-9-13)16(19)11-15(17)14-6-4-3-5-7-14/h3-7,13,15H,2,8-12,17H2,1H3. The van der Waals surface area contributed by atoms with Crippen molar-refractivity contribution in [2.45, 2.75) is 38.6 Å². The smallest absolute Gasteiger partial charge is 0.224 e. The van der Waals surface area contributed by atoms with Gasteiger partial charge >= 0.3 is 0 Å². The zero-order valence-corrected chi connectivity index (χ0v) is 11.7. The highest BCUT2D eigenvalue weighted by atomic mass is 16.2. The molecular formula is C16H24N2O. The molecule has 1 aliphatic carbocycles. The van der Waals surface area contributed by atoms with Crippen LogP contribution in [0, 0.1) is 5.92 Å². The van der Waals surface area contributed by atoms with Crippen LogP contribution in [0.2, 0.25) is 0 Å². The number of hydrogen-bond acceptors (Lipinski definition) is 2. The van der Waals surface area contributed by atoms with Gasteiger partial charge in [0, 0.05) is 25.6 Å². The quantitative estimate of drug-likeness (QED) is 0.819. The molecular weight excluding hydrogens is 236 g/mol. The van der Waals surface area contributed by atoms with E-state index < -0.39 is 0 Å². The first kappa shape index (κ1) is 14.1. The largest absolute Gasteiger partial charge is 0.342 e. The number of benzene rings is 1. The summed E-state index contributed by atoms with van der Waals surface area (Å²) < 4.78 is 0. The first-order valence-corrected chi connectivity index (χ1v) is 7.29. The van der Waals surface area contributed by atoms with Crippen LogP contribution in [0.15, 0.2) is 30.3 Å². The minimum absolute atomic E-state index is 0.188. The Balaban J connectivity index is 1.90. The van der Waals surface area contributed by atoms with Gasteiger partial charge in [0.15, 0.2) is 0 Å². The summed E-state index contributed by atoms with van der Waals surface area (Å²) in [6.07, 6.45) is 3.98. The maximum Gasteiger partial charge on any atom is 0.224 e. The summed E-state index contributed by atoms with van der Waals surface area (Å²) >= 11 is 0. The van der Waals surface area contributed by atoms with E-state index in [0.717, 1.165) is 31.0 Å². The van der Waals surface area contributed by atoms with Gasteiger partial charge in [-0.3, -0.25) is 4.79 Å². The van der Waals surface area contributed by atoms with Gasteiger partial charge in [-0.15, -0.1) is 0 Å². The van der Waals surface area contributed by atoms with E-state index in [9.17, 15) is 4.79 Å². The maximum absolute atomic E-state index is 12.3. The van der Waals surface area contributed by atoms with Crippen molar-refractivity contribution >= 4 is 5.91 Å². The van der Waals surface area contributed by atoms with Crippen molar-refractivity contribution in [1.82, 2.24) is 4.90 Å². The van der Waals surface area contributed by atoms with Crippen molar-refractivity contribution in [3.05, 3.63) is 35.9 Å². The van der Waals surface area contributed by atoms with Crippen molar-refractivity contribution in [3.63, 3.8) is 0 Å². The molecule has 1 aliphatic rings. The van der Waals surface area contributed by atoms with Crippen LogP contribution in [-0.2, 0) is 4.79 Å². The Morgan fingerprint density at radius 2 is 2.05 bits per heavy atom. The SMILES string of the molecule is CCCN(CC1CC1)C(=O)CC(N)c1ccccc1. The van der Waals surface area contributed by atoms with E-state index in [1.807, 2.05) is 35.2 Å².